The molecule has 0 saturated heterocycles. The highest BCUT2D eigenvalue weighted by Crippen LogP contribution is 2.42. The first-order valence-electron chi connectivity index (χ1n) is 22.9. The number of aromatic nitrogens is 1. The van der Waals surface area contributed by atoms with Gasteiger partial charge in [-0.1, -0.05) is 176 Å². The molecule has 314 valence electrons. The van der Waals surface area contributed by atoms with Crippen molar-refractivity contribution in [3.8, 4) is 50.2 Å². The average Bonchev–Trinajstić information content (AvgIpc) is 3.95. The van der Waals surface area contributed by atoms with Crippen LogP contribution in [0.2, 0.25) is 0 Å². The normalized spacial score (nSPS) is 11.6. The first kappa shape index (κ1) is 38.5. The van der Waals surface area contributed by atoms with Crippen molar-refractivity contribution >= 4 is 71.6 Å². The summed E-state index contributed by atoms with van der Waals surface area (Å²) in [5.74, 6) is 0. The molecule has 3 heteroatoms. The maximum Gasteiger partial charge on any atom is 0.136 e. The zero-order valence-corrected chi connectivity index (χ0v) is 36.6. The smallest absolute Gasteiger partial charge is 0.136 e. The molecule has 0 amide bonds. The van der Waals surface area contributed by atoms with Gasteiger partial charge in [0.25, 0.3) is 0 Å². The molecule has 0 aliphatic rings. The van der Waals surface area contributed by atoms with Crippen molar-refractivity contribution in [1.82, 2.24) is 4.57 Å². The standard InChI is InChI=1S/C64H42N2O/c1-2-12-49-41-50(28-27-43(49)11-1)48-33-37-53(38-34-48)65(55-14-9-13-51(42-55)56-18-10-22-63-64(56)59-17-5-8-21-62(59)67-63)52-35-29-46(30-36-52)44-23-25-45(26-24-44)47-31-39-54(40-32-47)66-60-19-6-3-15-57(60)58-16-4-7-20-61(58)66/h1-42H. The van der Waals surface area contributed by atoms with E-state index in [2.05, 4.69) is 252 Å². The summed E-state index contributed by atoms with van der Waals surface area (Å²) in [5.41, 5.74) is 18.0. The van der Waals surface area contributed by atoms with Crippen molar-refractivity contribution in [1.29, 1.82) is 0 Å². The number of furan rings is 1. The van der Waals surface area contributed by atoms with Crippen LogP contribution in [0.3, 0.4) is 0 Å². The van der Waals surface area contributed by atoms with Gasteiger partial charge in [-0.2, -0.15) is 0 Å². The highest BCUT2D eigenvalue weighted by Gasteiger charge is 2.18. The van der Waals surface area contributed by atoms with Crippen LogP contribution in [0.4, 0.5) is 17.1 Å². The third-order valence-electron chi connectivity index (χ3n) is 13.4. The van der Waals surface area contributed by atoms with E-state index in [-0.39, 0.29) is 0 Å². The third-order valence-corrected chi connectivity index (χ3v) is 13.4. The fourth-order valence-corrected chi connectivity index (χ4v) is 10.1. The zero-order valence-electron chi connectivity index (χ0n) is 36.6. The number of hydrogen-bond donors (Lipinski definition) is 0. The summed E-state index contributed by atoms with van der Waals surface area (Å²) in [6.07, 6.45) is 0. The van der Waals surface area contributed by atoms with Gasteiger partial charge in [-0.15, -0.1) is 0 Å². The van der Waals surface area contributed by atoms with Crippen LogP contribution in [0, 0.1) is 0 Å². The average molecular weight is 855 g/mol. The lowest BCUT2D eigenvalue weighted by molar-refractivity contribution is 0.669. The second-order valence-electron chi connectivity index (χ2n) is 17.3. The predicted molar refractivity (Wildman–Crippen MR) is 282 cm³/mol. The van der Waals surface area contributed by atoms with E-state index < -0.39 is 0 Å². The molecule has 3 nitrogen and oxygen atoms in total. The Bertz CT molecular complexity index is 3900. The van der Waals surface area contributed by atoms with E-state index in [1.165, 1.54) is 60.4 Å². The largest absolute Gasteiger partial charge is 0.456 e. The number of hydrogen-bond acceptors (Lipinski definition) is 2. The fraction of sp³-hybridized carbons (Fsp3) is 0. The number of rotatable bonds is 8. The molecule has 13 rings (SSSR count). The molecule has 0 N–H and O–H groups in total. The van der Waals surface area contributed by atoms with Crippen LogP contribution >= 0.6 is 0 Å². The van der Waals surface area contributed by atoms with Crippen LogP contribution in [0.15, 0.2) is 259 Å². The Hall–Kier alpha value is -8.92. The molecule has 13 aromatic rings. The molecule has 0 aliphatic carbocycles. The summed E-state index contributed by atoms with van der Waals surface area (Å²) in [6.45, 7) is 0. The number of anilines is 3. The topological polar surface area (TPSA) is 21.3 Å². The van der Waals surface area contributed by atoms with Crippen LogP contribution in [0.5, 0.6) is 0 Å². The van der Waals surface area contributed by atoms with Crippen molar-refractivity contribution in [2.45, 2.75) is 0 Å². The second kappa shape index (κ2) is 16.0. The quantitative estimate of drug-likeness (QED) is 0.152. The molecule has 67 heavy (non-hydrogen) atoms. The molecule has 0 radical (unpaired) electrons. The Balaban J connectivity index is 0.832. The van der Waals surface area contributed by atoms with E-state index in [1.807, 2.05) is 12.1 Å². The SMILES string of the molecule is c1cc(-c2cccc3oc4ccccc4c23)cc(N(c2ccc(-c3ccc(-c4ccc(-n5c6ccccc6c6ccccc65)cc4)cc3)cc2)c2ccc(-c3ccc4ccccc4c3)cc2)c1. The third kappa shape index (κ3) is 6.76. The van der Waals surface area contributed by atoms with Crippen LogP contribution in [-0.4, -0.2) is 4.57 Å². The van der Waals surface area contributed by atoms with Crippen LogP contribution in [-0.2, 0) is 0 Å². The monoisotopic (exact) mass is 854 g/mol. The van der Waals surface area contributed by atoms with E-state index in [1.54, 1.807) is 0 Å². The van der Waals surface area contributed by atoms with Gasteiger partial charge in [-0.3, -0.25) is 0 Å². The Morgan fingerprint density at radius 1 is 0.299 bits per heavy atom. The summed E-state index contributed by atoms with van der Waals surface area (Å²) in [5, 5.41) is 7.28. The van der Waals surface area contributed by atoms with Gasteiger partial charge in [-0.05, 0) is 134 Å². The fourth-order valence-electron chi connectivity index (χ4n) is 10.1. The number of para-hydroxylation sites is 3. The van der Waals surface area contributed by atoms with E-state index in [0.717, 1.165) is 61.4 Å². The predicted octanol–water partition coefficient (Wildman–Crippen LogP) is 18.0. The van der Waals surface area contributed by atoms with Gasteiger partial charge in [0.2, 0.25) is 0 Å². The molecular weight excluding hydrogens is 813 g/mol. The molecule has 0 spiro atoms. The van der Waals surface area contributed by atoms with Crippen molar-refractivity contribution < 1.29 is 4.42 Å². The van der Waals surface area contributed by atoms with Crippen molar-refractivity contribution in [2.24, 2.45) is 0 Å². The Labute approximate surface area is 388 Å². The summed E-state index contributed by atoms with van der Waals surface area (Å²) in [4.78, 5) is 2.36. The van der Waals surface area contributed by atoms with E-state index >= 15 is 0 Å². The number of nitrogens with zero attached hydrogens (tertiary/aromatic N) is 2. The molecule has 2 aromatic heterocycles. The molecule has 0 fully saturated rings. The van der Waals surface area contributed by atoms with Gasteiger partial charge in [-0.25, -0.2) is 0 Å². The molecule has 0 unspecified atom stereocenters. The van der Waals surface area contributed by atoms with Gasteiger partial charge in [0, 0.05) is 44.3 Å². The first-order chi connectivity index (χ1) is 33.2. The van der Waals surface area contributed by atoms with E-state index in [9.17, 15) is 0 Å². The Morgan fingerprint density at radius 2 is 0.791 bits per heavy atom. The lowest BCUT2D eigenvalue weighted by Crippen LogP contribution is -2.10. The van der Waals surface area contributed by atoms with Crippen LogP contribution < -0.4 is 4.90 Å². The maximum absolute atomic E-state index is 6.31. The number of fused-ring (bicyclic) bond motifs is 7. The minimum absolute atomic E-state index is 0.891. The molecule has 11 aromatic carbocycles. The van der Waals surface area contributed by atoms with Crippen LogP contribution in [0.1, 0.15) is 0 Å². The number of benzene rings is 11. The summed E-state index contributed by atoms with van der Waals surface area (Å²) < 4.78 is 8.67. The van der Waals surface area contributed by atoms with E-state index in [4.69, 9.17) is 4.42 Å². The Morgan fingerprint density at radius 3 is 1.45 bits per heavy atom. The van der Waals surface area contributed by atoms with Gasteiger partial charge >= 0.3 is 0 Å². The van der Waals surface area contributed by atoms with Gasteiger partial charge in [0.15, 0.2) is 0 Å². The molecule has 2 heterocycles. The van der Waals surface area contributed by atoms with Gasteiger partial charge in [0.05, 0.1) is 11.0 Å². The Kier molecular flexibility index (Phi) is 9.17. The van der Waals surface area contributed by atoms with Gasteiger partial charge < -0.3 is 13.9 Å². The van der Waals surface area contributed by atoms with Gasteiger partial charge in [0.1, 0.15) is 11.2 Å². The summed E-state index contributed by atoms with van der Waals surface area (Å²) >= 11 is 0. The highest BCUT2D eigenvalue weighted by molar-refractivity contribution is 6.13. The first-order valence-corrected chi connectivity index (χ1v) is 22.9. The lowest BCUT2D eigenvalue weighted by Gasteiger charge is -2.26. The lowest BCUT2D eigenvalue weighted by atomic mass is 9.98. The van der Waals surface area contributed by atoms with Crippen molar-refractivity contribution in [3.63, 3.8) is 0 Å². The molecular formula is C64H42N2O. The summed E-state index contributed by atoms with van der Waals surface area (Å²) in [7, 11) is 0. The molecule has 0 atom stereocenters. The second-order valence-corrected chi connectivity index (χ2v) is 17.3. The molecule has 0 aliphatic heterocycles. The van der Waals surface area contributed by atoms with Crippen molar-refractivity contribution in [3.05, 3.63) is 255 Å². The molecule has 0 saturated carbocycles. The van der Waals surface area contributed by atoms with Crippen molar-refractivity contribution in [2.75, 3.05) is 4.90 Å². The molecule has 0 bridgehead atoms. The highest BCUT2D eigenvalue weighted by atomic mass is 16.3. The minimum atomic E-state index is 0.891. The minimum Gasteiger partial charge on any atom is -0.456 e. The maximum atomic E-state index is 6.31. The van der Waals surface area contributed by atoms with Crippen LogP contribution in [0.25, 0.3) is 105 Å². The van der Waals surface area contributed by atoms with E-state index in [0.29, 0.717) is 0 Å². The zero-order chi connectivity index (χ0) is 44.3. The summed E-state index contributed by atoms with van der Waals surface area (Å²) in [6, 6.07) is 91.9.